The van der Waals surface area contributed by atoms with Gasteiger partial charge >= 0.3 is 0 Å². The average Bonchev–Trinajstić information content (AvgIpc) is 3.59. The minimum absolute atomic E-state index is 0.0405. The molecule has 1 atom stereocenters. The number of nitrogens with zero attached hydrogens (tertiary/aromatic N) is 2. The van der Waals surface area contributed by atoms with Crippen LogP contribution in [-0.2, 0) is 11.2 Å². The summed E-state index contributed by atoms with van der Waals surface area (Å²) >= 11 is 1.73. The molecule has 5 rings (SSSR count). The number of methoxy groups -OCH3 is 1. The van der Waals surface area contributed by atoms with E-state index in [9.17, 15) is 9.59 Å². The third-order valence-electron chi connectivity index (χ3n) is 6.95. The zero-order valence-corrected chi connectivity index (χ0v) is 21.6. The molecule has 6 nitrogen and oxygen atoms in total. The number of hydrogen-bond donors (Lipinski definition) is 0. The van der Waals surface area contributed by atoms with E-state index in [1.54, 1.807) is 35.5 Å². The van der Waals surface area contributed by atoms with Crippen LogP contribution in [0.2, 0.25) is 0 Å². The summed E-state index contributed by atoms with van der Waals surface area (Å²) in [5.74, 6) is 1.72. The van der Waals surface area contributed by atoms with Gasteiger partial charge in [0.15, 0.2) is 0 Å². The SMILES string of the molecule is COc1cccc(C(=O)N(CC(=O)N2CCc3sccc3C2COc2ccc(C)cc2)CC2CC2)c1. The molecule has 0 N–H and O–H groups in total. The lowest BCUT2D eigenvalue weighted by atomic mass is 10.00. The molecular weight excluding hydrogens is 472 g/mol. The van der Waals surface area contributed by atoms with Crippen LogP contribution in [0, 0.1) is 12.8 Å². The second-order valence-electron chi connectivity index (χ2n) is 9.64. The third kappa shape index (κ3) is 5.57. The second kappa shape index (κ2) is 10.7. The van der Waals surface area contributed by atoms with Crippen LogP contribution in [0.4, 0.5) is 0 Å². The maximum Gasteiger partial charge on any atom is 0.254 e. The summed E-state index contributed by atoms with van der Waals surface area (Å²) in [5, 5.41) is 2.09. The van der Waals surface area contributed by atoms with E-state index in [1.165, 1.54) is 10.4 Å². The first-order valence-corrected chi connectivity index (χ1v) is 13.4. The highest BCUT2D eigenvalue weighted by molar-refractivity contribution is 7.10. The molecule has 0 saturated heterocycles. The Hall–Kier alpha value is -3.32. The van der Waals surface area contributed by atoms with E-state index in [2.05, 4.69) is 11.4 Å². The van der Waals surface area contributed by atoms with Crippen LogP contribution in [0.3, 0.4) is 0 Å². The predicted octanol–water partition coefficient (Wildman–Crippen LogP) is 5.12. The van der Waals surface area contributed by atoms with Crippen molar-refractivity contribution in [3.05, 3.63) is 81.5 Å². The van der Waals surface area contributed by atoms with Crippen molar-refractivity contribution in [2.75, 3.05) is 33.4 Å². The van der Waals surface area contributed by atoms with Gasteiger partial charge in [-0.2, -0.15) is 0 Å². The highest BCUT2D eigenvalue weighted by atomic mass is 32.1. The molecule has 1 saturated carbocycles. The molecule has 1 aromatic heterocycles. The molecule has 2 amide bonds. The highest BCUT2D eigenvalue weighted by Crippen LogP contribution is 2.35. The molecule has 0 radical (unpaired) electrons. The molecule has 7 heteroatoms. The Labute approximate surface area is 216 Å². The van der Waals surface area contributed by atoms with Crippen molar-refractivity contribution < 1.29 is 19.1 Å². The second-order valence-corrected chi connectivity index (χ2v) is 10.6. The number of carbonyl (C=O) groups excluding carboxylic acids is 2. The van der Waals surface area contributed by atoms with E-state index >= 15 is 0 Å². The van der Waals surface area contributed by atoms with Crippen LogP contribution in [0.15, 0.2) is 60.0 Å². The Morgan fingerprint density at radius 2 is 1.89 bits per heavy atom. The summed E-state index contributed by atoms with van der Waals surface area (Å²) in [4.78, 5) is 32.1. The lowest BCUT2D eigenvalue weighted by molar-refractivity contribution is -0.135. The largest absolute Gasteiger partial charge is 0.497 e. The van der Waals surface area contributed by atoms with Gasteiger partial charge in [0.1, 0.15) is 24.7 Å². The molecule has 2 heterocycles. The maximum absolute atomic E-state index is 13.7. The quantitative estimate of drug-likeness (QED) is 0.406. The van der Waals surface area contributed by atoms with E-state index in [-0.39, 0.29) is 24.4 Å². The lowest BCUT2D eigenvalue weighted by Gasteiger charge is -2.37. The van der Waals surface area contributed by atoms with Gasteiger partial charge in [-0.3, -0.25) is 9.59 Å². The molecular formula is C29H32N2O4S. The van der Waals surface area contributed by atoms with Crippen LogP contribution in [0.25, 0.3) is 0 Å². The van der Waals surface area contributed by atoms with Crippen molar-refractivity contribution in [1.29, 1.82) is 0 Å². The van der Waals surface area contributed by atoms with Gasteiger partial charge in [-0.25, -0.2) is 0 Å². The fourth-order valence-corrected chi connectivity index (χ4v) is 5.64. The Morgan fingerprint density at radius 1 is 1.08 bits per heavy atom. The van der Waals surface area contributed by atoms with Gasteiger partial charge < -0.3 is 19.3 Å². The number of aryl methyl sites for hydroxylation is 1. The molecule has 1 fully saturated rings. The standard InChI is InChI=1S/C29H32N2O4S/c1-20-6-10-23(11-7-20)35-19-26-25-13-15-36-27(25)12-14-31(26)28(32)18-30(17-21-8-9-21)29(33)22-4-3-5-24(16-22)34-2/h3-7,10-11,13,15-16,21,26H,8-9,12,14,17-19H2,1-2H3. The number of amides is 2. The smallest absolute Gasteiger partial charge is 0.254 e. The Kier molecular flexibility index (Phi) is 7.28. The number of hydrogen-bond acceptors (Lipinski definition) is 5. The van der Waals surface area contributed by atoms with Crippen molar-refractivity contribution in [3.63, 3.8) is 0 Å². The van der Waals surface area contributed by atoms with Gasteiger partial charge in [-0.15, -0.1) is 11.3 Å². The summed E-state index contributed by atoms with van der Waals surface area (Å²) in [6.45, 7) is 3.71. The number of thiophene rings is 1. The number of fused-ring (bicyclic) bond motifs is 1. The molecule has 1 aliphatic carbocycles. The van der Waals surface area contributed by atoms with Crippen LogP contribution in [0.5, 0.6) is 11.5 Å². The minimum atomic E-state index is -0.177. The monoisotopic (exact) mass is 504 g/mol. The van der Waals surface area contributed by atoms with Crippen molar-refractivity contribution in [1.82, 2.24) is 9.80 Å². The maximum atomic E-state index is 13.7. The first kappa shape index (κ1) is 24.4. The Morgan fingerprint density at radius 3 is 2.64 bits per heavy atom. The third-order valence-corrected chi connectivity index (χ3v) is 7.95. The van der Waals surface area contributed by atoms with E-state index in [4.69, 9.17) is 9.47 Å². The van der Waals surface area contributed by atoms with E-state index < -0.39 is 0 Å². The highest BCUT2D eigenvalue weighted by Gasteiger charge is 2.35. The number of ether oxygens (including phenoxy) is 2. The van der Waals surface area contributed by atoms with Gasteiger partial charge in [-0.1, -0.05) is 23.8 Å². The molecule has 2 aromatic carbocycles. The first-order valence-electron chi connectivity index (χ1n) is 12.5. The van der Waals surface area contributed by atoms with Gasteiger partial charge in [0, 0.05) is 23.5 Å². The minimum Gasteiger partial charge on any atom is -0.497 e. The molecule has 1 aliphatic heterocycles. The zero-order valence-electron chi connectivity index (χ0n) is 20.8. The number of rotatable bonds is 9. The summed E-state index contributed by atoms with van der Waals surface area (Å²) in [5.41, 5.74) is 2.87. The molecule has 0 spiro atoms. The zero-order chi connectivity index (χ0) is 25.1. The molecule has 0 bridgehead atoms. The van der Waals surface area contributed by atoms with Crippen molar-refractivity contribution in [2.24, 2.45) is 5.92 Å². The van der Waals surface area contributed by atoms with Gasteiger partial charge in [0.2, 0.25) is 5.91 Å². The normalized spacial score (nSPS) is 16.8. The van der Waals surface area contributed by atoms with E-state index in [0.717, 1.165) is 30.6 Å². The van der Waals surface area contributed by atoms with Gasteiger partial charge in [-0.05, 0) is 79.4 Å². The number of carbonyl (C=O) groups is 2. The predicted molar refractivity (Wildman–Crippen MR) is 141 cm³/mol. The molecule has 36 heavy (non-hydrogen) atoms. The molecule has 2 aliphatic rings. The van der Waals surface area contributed by atoms with Crippen molar-refractivity contribution in [3.8, 4) is 11.5 Å². The topological polar surface area (TPSA) is 59.1 Å². The molecule has 1 unspecified atom stereocenters. The van der Waals surface area contributed by atoms with Crippen LogP contribution in [0.1, 0.15) is 45.2 Å². The average molecular weight is 505 g/mol. The number of benzene rings is 2. The summed E-state index contributed by atoms with van der Waals surface area (Å²) in [7, 11) is 1.59. The van der Waals surface area contributed by atoms with Crippen LogP contribution < -0.4 is 9.47 Å². The fraction of sp³-hybridized carbons (Fsp3) is 0.379. The van der Waals surface area contributed by atoms with E-state index in [1.807, 2.05) is 48.2 Å². The van der Waals surface area contributed by atoms with Crippen LogP contribution in [-0.4, -0.2) is 55.0 Å². The Bertz CT molecular complexity index is 1220. The molecule has 188 valence electrons. The van der Waals surface area contributed by atoms with Gasteiger partial charge in [0.05, 0.1) is 13.2 Å². The summed E-state index contributed by atoms with van der Waals surface area (Å²) < 4.78 is 11.5. The summed E-state index contributed by atoms with van der Waals surface area (Å²) in [6.07, 6.45) is 3.03. The lowest BCUT2D eigenvalue weighted by Crippen LogP contribution is -2.48. The van der Waals surface area contributed by atoms with E-state index in [0.29, 0.717) is 36.9 Å². The fourth-order valence-electron chi connectivity index (χ4n) is 4.71. The Balaban J connectivity index is 1.34. The summed E-state index contributed by atoms with van der Waals surface area (Å²) in [6, 6.07) is 17.0. The van der Waals surface area contributed by atoms with Crippen LogP contribution >= 0.6 is 11.3 Å². The van der Waals surface area contributed by atoms with Crippen molar-refractivity contribution in [2.45, 2.75) is 32.2 Å². The van der Waals surface area contributed by atoms with Gasteiger partial charge in [0.25, 0.3) is 5.91 Å². The first-order chi connectivity index (χ1) is 17.5. The molecule has 3 aromatic rings. The van der Waals surface area contributed by atoms with Crippen molar-refractivity contribution >= 4 is 23.2 Å².